The predicted octanol–water partition coefficient (Wildman–Crippen LogP) is 3.12. The number of rotatable bonds is 5. The highest BCUT2D eigenvalue weighted by Gasteiger charge is 2.12. The van der Waals surface area contributed by atoms with E-state index in [-0.39, 0.29) is 11.7 Å². The molecule has 0 aliphatic carbocycles. The van der Waals surface area contributed by atoms with Gasteiger partial charge in [0.05, 0.1) is 12.8 Å². The molecule has 1 amide bonds. The van der Waals surface area contributed by atoms with Crippen LogP contribution in [0.15, 0.2) is 34.7 Å². The fraction of sp³-hybridized carbons (Fsp3) is 0.200. The van der Waals surface area contributed by atoms with Crippen LogP contribution in [0.25, 0.3) is 11.3 Å². The van der Waals surface area contributed by atoms with Crippen molar-refractivity contribution in [3.8, 4) is 17.1 Å². The van der Waals surface area contributed by atoms with Crippen LogP contribution in [0, 0.1) is 0 Å². The van der Waals surface area contributed by atoms with E-state index < -0.39 is 0 Å². The molecular formula is C15H15NO4. The highest BCUT2D eigenvalue weighted by molar-refractivity contribution is 5.95. The van der Waals surface area contributed by atoms with E-state index in [1.54, 1.807) is 44.4 Å². The molecule has 2 aromatic rings. The zero-order valence-corrected chi connectivity index (χ0v) is 11.3. The summed E-state index contributed by atoms with van der Waals surface area (Å²) in [5.74, 6) is 1.27. The summed E-state index contributed by atoms with van der Waals surface area (Å²) in [6.45, 7) is 1.77. The third kappa shape index (κ3) is 2.88. The van der Waals surface area contributed by atoms with Gasteiger partial charge in [-0.2, -0.15) is 0 Å². The molecule has 1 N–H and O–H groups in total. The second-order valence-electron chi connectivity index (χ2n) is 4.13. The van der Waals surface area contributed by atoms with Crippen molar-refractivity contribution in [2.45, 2.75) is 13.3 Å². The van der Waals surface area contributed by atoms with Crippen LogP contribution in [0.1, 0.15) is 23.9 Å². The predicted molar refractivity (Wildman–Crippen MR) is 75.0 cm³/mol. The number of nitrogens with one attached hydrogen (secondary N) is 1. The smallest absolute Gasteiger partial charge is 0.224 e. The van der Waals surface area contributed by atoms with Gasteiger partial charge < -0.3 is 14.5 Å². The van der Waals surface area contributed by atoms with Crippen LogP contribution in [-0.2, 0) is 4.79 Å². The molecule has 0 aliphatic heterocycles. The molecule has 0 bridgehead atoms. The second-order valence-corrected chi connectivity index (χ2v) is 4.13. The van der Waals surface area contributed by atoms with Gasteiger partial charge in [0, 0.05) is 12.0 Å². The summed E-state index contributed by atoms with van der Waals surface area (Å²) < 4.78 is 10.6. The van der Waals surface area contributed by atoms with E-state index in [4.69, 9.17) is 9.15 Å². The lowest BCUT2D eigenvalue weighted by atomic mass is 10.1. The molecule has 0 radical (unpaired) electrons. The number of methoxy groups -OCH3 is 1. The zero-order chi connectivity index (χ0) is 14.5. The first-order valence-electron chi connectivity index (χ1n) is 6.21. The summed E-state index contributed by atoms with van der Waals surface area (Å²) in [4.78, 5) is 22.2. The monoisotopic (exact) mass is 273 g/mol. The van der Waals surface area contributed by atoms with Crippen molar-refractivity contribution in [2.24, 2.45) is 0 Å². The van der Waals surface area contributed by atoms with E-state index in [0.29, 0.717) is 35.5 Å². The average molecular weight is 273 g/mol. The van der Waals surface area contributed by atoms with Crippen molar-refractivity contribution in [1.82, 2.24) is 0 Å². The van der Waals surface area contributed by atoms with Gasteiger partial charge in [-0.05, 0) is 30.3 Å². The molecule has 0 atom stereocenters. The Hall–Kier alpha value is -2.56. The third-order valence-corrected chi connectivity index (χ3v) is 2.83. The van der Waals surface area contributed by atoms with E-state index in [2.05, 4.69) is 5.32 Å². The molecule has 1 heterocycles. The quantitative estimate of drug-likeness (QED) is 0.850. The Morgan fingerprint density at radius 2 is 2.15 bits per heavy atom. The minimum Gasteiger partial charge on any atom is -0.497 e. The van der Waals surface area contributed by atoms with Gasteiger partial charge in [0.25, 0.3) is 0 Å². The van der Waals surface area contributed by atoms with Gasteiger partial charge in [0.1, 0.15) is 11.5 Å². The van der Waals surface area contributed by atoms with Crippen LogP contribution in [-0.4, -0.2) is 19.3 Å². The number of anilines is 1. The SMILES string of the molecule is CCC(=O)Nc1ccc(OC)cc1-c1ccc(C=O)o1. The van der Waals surface area contributed by atoms with Gasteiger partial charge in [-0.1, -0.05) is 6.92 Å². The maximum Gasteiger partial charge on any atom is 0.224 e. The summed E-state index contributed by atoms with van der Waals surface area (Å²) in [5.41, 5.74) is 1.28. The van der Waals surface area contributed by atoms with Gasteiger partial charge in [-0.15, -0.1) is 0 Å². The van der Waals surface area contributed by atoms with E-state index in [0.717, 1.165) is 0 Å². The molecule has 5 heteroatoms. The van der Waals surface area contributed by atoms with E-state index in [1.165, 1.54) is 0 Å². The number of furan rings is 1. The van der Waals surface area contributed by atoms with Crippen molar-refractivity contribution in [3.63, 3.8) is 0 Å². The fourth-order valence-electron chi connectivity index (χ4n) is 1.76. The lowest BCUT2D eigenvalue weighted by Crippen LogP contribution is -2.10. The second kappa shape index (κ2) is 6.06. The topological polar surface area (TPSA) is 68.5 Å². The normalized spacial score (nSPS) is 10.1. The minimum absolute atomic E-state index is 0.0985. The van der Waals surface area contributed by atoms with Crippen LogP contribution in [0.2, 0.25) is 0 Å². The highest BCUT2D eigenvalue weighted by Crippen LogP contribution is 2.32. The Morgan fingerprint density at radius 1 is 1.35 bits per heavy atom. The standard InChI is InChI=1S/C15H15NO4/c1-3-15(18)16-13-6-4-10(19-2)8-12(13)14-7-5-11(9-17)20-14/h4-9H,3H2,1-2H3,(H,16,18). The van der Waals surface area contributed by atoms with Crippen molar-refractivity contribution < 1.29 is 18.7 Å². The first-order chi connectivity index (χ1) is 9.67. The Morgan fingerprint density at radius 3 is 2.75 bits per heavy atom. The van der Waals surface area contributed by atoms with Crippen molar-refractivity contribution in [1.29, 1.82) is 0 Å². The van der Waals surface area contributed by atoms with E-state index in [9.17, 15) is 9.59 Å². The minimum atomic E-state index is -0.0985. The molecule has 0 saturated heterocycles. The number of hydrogen-bond acceptors (Lipinski definition) is 4. The maximum absolute atomic E-state index is 11.6. The third-order valence-electron chi connectivity index (χ3n) is 2.83. The first-order valence-corrected chi connectivity index (χ1v) is 6.21. The molecule has 0 spiro atoms. The molecule has 1 aromatic heterocycles. The lowest BCUT2D eigenvalue weighted by Gasteiger charge is -2.10. The van der Waals surface area contributed by atoms with Crippen LogP contribution >= 0.6 is 0 Å². The number of ether oxygens (including phenoxy) is 1. The largest absolute Gasteiger partial charge is 0.497 e. The molecule has 1 aromatic carbocycles. The molecule has 104 valence electrons. The summed E-state index contributed by atoms with van der Waals surface area (Å²) in [7, 11) is 1.56. The number of aldehydes is 1. The van der Waals surface area contributed by atoms with Crippen LogP contribution in [0.3, 0.4) is 0 Å². The Balaban J connectivity index is 2.46. The number of amides is 1. The summed E-state index contributed by atoms with van der Waals surface area (Å²) >= 11 is 0. The van der Waals surface area contributed by atoms with Gasteiger partial charge >= 0.3 is 0 Å². The highest BCUT2D eigenvalue weighted by atomic mass is 16.5. The number of carbonyl (C=O) groups is 2. The van der Waals surface area contributed by atoms with Gasteiger partial charge in [-0.25, -0.2) is 0 Å². The van der Waals surface area contributed by atoms with Crippen molar-refractivity contribution in [2.75, 3.05) is 12.4 Å². The summed E-state index contributed by atoms with van der Waals surface area (Å²) in [6.07, 6.45) is 1.01. The van der Waals surface area contributed by atoms with Crippen molar-refractivity contribution >= 4 is 17.9 Å². The Labute approximate surface area is 116 Å². The zero-order valence-electron chi connectivity index (χ0n) is 11.3. The molecular weight excluding hydrogens is 258 g/mol. The first kappa shape index (κ1) is 13.9. The fourth-order valence-corrected chi connectivity index (χ4v) is 1.76. The van der Waals surface area contributed by atoms with Gasteiger partial charge in [-0.3, -0.25) is 9.59 Å². The van der Waals surface area contributed by atoms with Crippen LogP contribution < -0.4 is 10.1 Å². The number of hydrogen-bond donors (Lipinski definition) is 1. The summed E-state index contributed by atoms with van der Waals surface area (Å²) in [6, 6.07) is 8.50. The molecule has 20 heavy (non-hydrogen) atoms. The number of benzene rings is 1. The van der Waals surface area contributed by atoms with E-state index >= 15 is 0 Å². The Bertz CT molecular complexity index is 631. The molecule has 0 fully saturated rings. The number of carbonyl (C=O) groups excluding carboxylic acids is 2. The maximum atomic E-state index is 11.6. The van der Waals surface area contributed by atoms with Gasteiger partial charge in [0.2, 0.25) is 5.91 Å². The molecule has 0 aliphatic rings. The molecule has 0 unspecified atom stereocenters. The average Bonchev–Trinajstić information content (AvgIpc) is 2.96. The molecule has 5 nitrogen and oxygen atoms in total. The van der Waals surface area contributed by atoms with Crippen LogP contribution in [0.4, 0.5) is 5.69 Å². The molecule has 0 saturated carbocycles. The Kier molecular flexibility index (Phi) is 4.20. The van der Waals surface area contributed by atoms with Crippen molar-refractivity contribution in [3.05, 3.63) is 36.1 Å². The lowest BCUT2D eigenvalue weighted by molar-refractivity contribution is -0.115. The van der Waals surface area contributed by atoms with E-state index in [1.807, 2.05) is 0 Å². The van der Waals surface area contributed by atoms with Crippen LogP contribution in [0.5, 0.6) is 5.75 Å². The van der Waals surface area contributed by atoms with Gasteiger partial charge in [0.15, 0.2) is 12.0 Å². The summed E-state index contributed by atoms with van der Waals surface area (Å²) in [5, 5.41) is 2.79. The molecule has 2 rings (SSSR count).